The van der Waals surface area contributed by atoms with E-state index in [2.05, 4.69) is 30.3 Å². The van der Waals surface area contributed by atoms with Crippen LogP contribution < -0.4 is 10.5 Å². The van der Waals surface area contributed by atoms with Gasteiger partial charge in [-0.1, -0.05) is 42.5 Å². The van der Waals surface area contributed by atoms with Crippen molar-refractivity contribution in [2.24, 2.45) is 5.73 Å². The fraction of sp³-hybridized carbons (Fsp3) is 0.294. The number of fused-ring (bicyclic) bond motifs is 1. The van der Waals surface area contributed by atoms with Gasteiger partial charge in [-0.05, 0) is 30.0 Å². The highest BCUT2D eigenvalue weighted by atomic mass is 16.5. The van der Waals surface area contributed by atoms with Crippen molar-refractivity contribution in [2.45, 2.75) is 24.8 Å². The summed E-state index contributed by atoms with van der Waals surface area (Å²) in [5.41, 5.74) is 10.4. The molecule has 0 aliphatic heterocycles. The first-order valence-electron chi connectivity index (χ1n) is 6.77. The monoisotopic (exact) mass is 253 g/mol. The molecule has 0 unspecified atom stereocenters. The average molecular weight is 253 g/mol. The van der Waals surface area contributed by atoms with Crippen molar-refractivity contribution in [1.29, 1.82) is 0 Å². The summed E-state index contributed by atoms with van der Waals surface area (Å²) in [6, 6.07) is 16.8. The number of hydrogen-bond donors (Lipinski definition) is 1. The van der Waals surface area contributed by atoms with Crippen molar-refractivity contribution >= 4 is 0 Å². The van der Waals surface area contributed by atoms with Crippen LogP contribution in [0, 0.1) is 0 Å². The first kappa shape index (κ1) is 12.2. The van der Waals surface area contributed by atoms with Crippen molar-refractivity contribution in [3.63, 3.8) is 0 Å². The van der Waals surface area contributed by atoms with E-state index in [0.717, 1.165) is 18.6 Å². The Hall–Kier alpha value is -1.80. The lowest BCUT2D eigenvalue weighted by Gasteiger charge is -2.32. The van der Waals surface area contributed by atoms with Crippen molar-refractivity contribution in [1.82, 2.24) is 0 Å². The van der Waals surface area contributed by atoms with E-state index in [-0.39, 0.29) is 6.04 Å². The van der Waals surface area contributed by atoms with Gasteiger partial charge >= 0.3 is 0 Å². The first-order chi connectivity index (χ1) is 9.31. The molecule has 0 amide bonds. The molecule has 1 aliphatic carbocycles. The van der Waals surface area contributed by atoms with Crippen molar-refractivity contribution in [3.05, 3.63) is 65.2 Å². The molecule has 0 saturated heterocycles. The molecule has 19 heavy (non-hydrogen) atoms. The lowest BCUT2D eigenvalue weighted by Crippen LogP contribution is -2.26. The second-order valence-corrected chi connectivity index (χ2v) is 5.11. The molecule has 0 radical (unpaired) electrons. The van der Waals surface area contributed by atoms with Gasteiger partial charge in [-0.3, -0.25) is 0 Å². The van der Waals surface area contributed by atoms with Gasteiger partial charge in [0.25, 0.3) is 0 Å². The van der Waals surface area contributed by atoms with E-state index >= 15 is 0 Å². The predicted molar refractivity (Wildman–Crippen MR) is 77.4 cm³/mol. The molecular formula is C17H19NO. The smallest absolute Gasteiger partial charge is 0.123 e. The summed E-state index contributed by atoms with van der Waals surface area (Å²) in [4.78, 5) is 0. The highest BCUT2D eigenvalue weighted by molar-refractivity contribution is 5.46. The van der Waals surface area contributed by atoms with Gasteiger partial charge in [0, 0.05) is 17.5 Å². The highest BCUT2D eigenvalue weighted by Gasteiger charge is 2.30. The van der Waals surface area contributed by atoms with Gasteiger partial charge in [0.1, 0.15) is 5.75 Å². The third-order valence-electron chi connectivity index (χ3n) is 4.10. The van der Waals surface area contributed by atoms with E-state index in [1.54, 1.807) is 7.11 Å². The van der Waals surface area contributed by atoms with Gasteiger partial charge in [-0.15, -0.1) is 0 Å². The van der Waals surface area contributed by atoms with E-state index < -0.39 is 0 Å². The number of hydrogen-bond acceptors (Lipinski definition) is 2. The van der Waals surface area contributed by atoms with E-state index in [1.165, 1.54) is 16.7 Å². The number of methoxy groups -OCH3 is 1. The van der Waals surface area contributed by atoms with Crippen molar-refractivity contribution < 1.29 is 4.74 Å². The Balaban J connectivity index is 2.02. The molecule has 2 aromatic rings. The maximum Gasteiger partial charge on any atom is 0.123 e. The molecule has 0 fully saturated rings. The van der Waals surface area contributed by atoms with Crippen molar-refractivity contribution in [3.8, 4) is 5.75 Å². The standard InChI is InChI=1S/C17H19NO/c1-19-15-9-5-8-13-10-11-14(17(18)16(13)15)12-6-3-2-4-7-12/h2-9,14,17H,10-11,18H2,1H3/t14-,17-/m1/s1. The molecule has 1 aliphatic rings. The molecular weight excluding hydrogens is 234 g/mol. The van der Waals surface area contributed by atoms with E-state index in [1.807, 2.05) is 18.2 Å². The van der Waals surface area contributed by atoms with Crippen LogP contribution in [0.25, 0.3) is 0 Å². The first-order valence-corrected chi connectivity index (χ1v) is 6.77. The van der Waals surface area contributed by atoms with Crippen LogP contribution in [0.2, 0.25) is 0 Å². The minimum atomic E-state index is 0.0160. The Morgan fingerprint density at radius 1 is 1.05 bits per heavy atom. The van der Waals surface area contributed by atoms with Gasteiger partial charge in [0.05, 0.1) is 7.11 Å². The Labute approximate surface area is 114 Å². The average Bonchev–Trinajstić information content (AvgIpc) is 2.48. The number of ether oxygens (including phenoxy) is 1. The molecule has 98 valence electrons. The van der Waals surface area contributed by atoms with Gasteiger partial charge in [0.2, 0.25) is 0 Å². The fourth-order valence-electron chi connectivity index (χ4n) is 3.13. The number of nitrogens with two attached hydrogens (primary N) is 1. The van der Waals surface area contributed by atoms with Gasteiger partial charge in [-0.25, -0.2) is 0 Å². The molecule has 2 nitrogen and oxygen atoms in total. The van der Waals surface area contributed by atoms with Gasteiger partial charge < -0.3 is 10.5 Å². The second-order valence-electron chi connectivity index (χ2n) is 5.11. The van der Waals surface area contributed by atoms with Gasteiger partial charge in [-0.2, -0.15) is 0 Å². The summed E-state index contributed by atoms with van der Waals surface area (Å²) in [7, 11) is 1.72. The lowest BCUT2D eigenvalue weighted by atomic mass is 9.76. The zero-order valence-corrected chi connectivity index (χ0v) is 11.2. The Morgan fingerprint density at radius 2 is 1.84 bits per heavy atom. The summed E-state index contributed by atoms with van der Waals surface area (Å²) in [5.74, 6) is 1.30. The maximum atomic E-state index is 6.52. The van der Waals surface area contributed by atoms with Crippen LogP contribution >= 0.6 is 0 Å². The molecule has 2 heteroatoms. The normalized spacial score (nSPS) is 21.8. The molecule has 2 aromatic carbocycles. The largest absolute Gasteiger partial charge is 0.496 e. The van der Waals surface area contributed by atoms with E-state index in [9.17, 15) is 0 Å². The molecule has 0 heterocycles. The third-order valence-corrected chi connectivity index (χ3v) is 4.10. The topological polar surface area (TPSA) is 35.2 Å². The zero-order valence-electron chi connectivity index (χ0n) is 11.2. The second kappa shape index (κ2) is 5.06. The van der Waals surface area contributed by atoms with Crippen LogP contribution in [0.5, 0.6) is 5.75 Å². The minimum absolute atomic E-state index is 0.0160. The summed E-state index contributed by atoms with van der Waals surface area (Å²) in [6.45, 7) is 0. The Morgan fingerprint density at radius 3 is 2.58 bits per heavy atom. The molecule has 0 bridgehead atoms. The highest BCUT2D eigenvalue weighted by Crippen LogP contribution is 2.42. The molecule has 2 atom stereocenters. The van der Waals surface area contributed by atoms with Crippen LogP contribution in [0.3, 0.4) is 0 Å². The van der Waals surface area contributed by atoms with Crippen LogP contribution in [0.4, 0.5) is 0 Å². The summed E-state index contributed by atoms with van der Waals surface area (Å²) in [5, 5.41) is 0. The maximum absolute atomic E-state index is 6.52. The predicted octanol–water partition coefficient (Wildman–Crippen LogP) is 3.43. The Bertz CT molecular complexity index is 550. The summed E-state index contributed by atoms with van der Waals surface area (Å²) in [6.07, 6.45) is 2.17. The quantitative estimate of drug-likeness (QED) is 0.890. The van der Waals surface area contributed by atoms with Crippen molar-refractivity contribution in [2.75, 3.05) is 7.11 Å². The Kier molecular flexibility index (Phi) is 3.26. The van der Waals surface area contributed by atoms with Gasteiger partial charge in [0.15, 0.2) is 0 Å². The molecule has 0 aromatic heterocycles. The van der Waals surface area contributed by atoms with Crippen LogP contribution in [-0.4, -0.2) is 7.11 Å². The third kappa shape index (κ3) is 2.13. The van der Waals surface area contributed by atoms with E-state index in [0.29, 0.717) is 5.92 Å². The van der Waals surface area contributed by atoms with E-state index in [4.69, 9.17) is 10.5 Å². The fourth-order valence-corrected chi connectivity index (χ4v) is 3.13. The number of aryl methyl sites for hydroxylation is 1. The zero-order chi connectivity index (χ0) is 13.2. The number of rotatable bonds is 2. The SMILES string of the molecule is COc1cccc2c1[C@H](N)[C@@H](c1ccccc1)CC2. The molecule has 2 N–H and O–H groups in total. The number of benzene rings is 2. The summed E-state index contributed by atoms with van der Waals surface area (Å²) < 4.78 is 5.49. The molecule has 0 saturated carbocycles. The van der Waals surface area contributed by atoms with Crippen LogP contribution in [-0.2, 0) is 6.42 Å². The molecule has 0 spiro atoms. The summed E-state index contributed by atoms with van der Waals surface area (Å²) >= 11 is 0. The lowest BCUT2D eigenvalue weighted by molar-refractivity contribution is 0.390. The minimum Gasteiger partial charge on any atom is -0.496 e. The van der Waals surface area contributed by atoms with Crippen LogP contribution in [0.1, 0.15) is 35.1 Å². The molecule has 3 rings (SSSR count). The van der Waals surface area contributed by atoms with Crippen LogP contribution in [0.15, 0.2) is 48.5 Å².